The smallest absolute Gasteiger partial charge is 0.265 e. The summed E-state index contributed by atoms with van der Waals surface area (Å²) in [4.78, 5) is 23.9. The van der Waals surface area contributed by atoms with E-state index in [1.807, 2.05) is 13.0 Å². The van der Waals surface area contributed by atoms with Gasteiger partial charge in [-0.2, -0.15) is 0 Å². The summed E-state index contributed by atoms with van der Waals surface area (Å²) in [6.45, 7) is 2.40. The van der Waals surface area contributed by atoms with Gasteiger partial charge in [0.05, 0.1) is 8.66 Å². The van der Waals surface area contributed by atoms with E-state index in [2.05, 4.69) is 26.6 Å². The maximum absolute atomic E-state index is 12.0. The Hall–Kier alpha value is -1.86. The predicted molar refractivity (Wildman–Crippen MR) is 90.6 cm³/mol. The number of carbonyl (C=O) groups is 2. The lowest BCUT2D eigenvalue weighted by molar-refractivity contribution is -0.122. The highest BCUT2D eigenvalue weighted by Gasteiger charge is 2.09. The molecule has 2 rings (SSSR count). The molecule has 0 bridgehead atoms. The number of halogens is 1. The van der Waals surface area contributed by atoms with Crippen LogP contribution < -0.4 is 15.4 Å². The lowest BCUT2D eigenvalue weighted by Crippen LogP contribution is -2.28. The average Bonchev–Trinajstić information content (AvgIpc) is 2.93. The van der Waals surface area contributed by atoms with Gasteiger partial charge in [-0.25, -0.2) is 0 Å². The van der Waals surface area contributed by atoms with Crippen molar-refractivity contribution in [3.8, 4) is 5.75 Å². The van der Waals surface area contributed by atoms with Crippen molar-refractivity contribution in [3.05, 3.63) is 45.1 Å². The minimum Gasteiger partial charge on any atom is -0.484 e. The van der Waals surface area contributed by atoms with E-state index >= 15 is 0 Å². The molecule has 5 nitrogen and oxygen atoms in total. The number of rotatable bonds is 6. The average molecular weight is 383 g/mol. The molecule has 0 aliphatic heterocycles. The number of thiophene rings is 1. The highest BCUT2D eigenvalue weighted by atomic mass is 79.9. The van der Waals surface area contributed by atoms with E-state index in [0.717, 1.165) is 3.79 Å². The fraction of sp³-hybridized carbons (Fsp3) is 0.200. The lowest BCUT2D eigenvalue weighted by Gasteiger charge is -2.08. The van der Waals surface area contributed by atoms with Crippen molar-refractivity contribution in [2.75, 3.05) is 18.5 Å². The highest BCUT2D eigenvalue weighted by Crippen LogP contribution is 2.23. The van der Waals surface area contributed by atoms with Crippen LogP contribution in [0.5, 0.6) is 5.75 Å². The van der Waals surface area contributed by atoms with Crippen molar-refractivity contribution < 1.29 is 14.3 Å². The number of carbonyl (C=O) groups excluding carboxylic acids is 2. The van der Waals surface area contributed by atoms with Gasteiger partial charge < -0.3 is 15.4 Å². The Labute approximate surface area is 140 Å². The van der Waals surface area contributed by atoms with Crippen LogP contribution in [0.25, 0.3) is 0 Å². The van der Waals surface area contributed by atoms with Gasteiger partial charge in [0, 0.05) is 12.2 Å². The Morgan fingerprint density at radius 1 is 1.18 bits per heavy atom. The van der Waals surface area contributed by atoms with Crippen LogP contribution in [0, 0.1) is 0 Å². The van der Waals surface area contributed by atoms with E-state index in [1.165, 1.54) is 11.3 Å². The molecule has 116 valence electrons. The fourth-order valence-corrected chi connectivity index (χ4v) is 2.94. The molecule has 1 heterocycles. The van der Waals surface area contributed by atoms with Crippen molar-refractivity contribution in [3.63, 3.8) is 0 Å². The highest BCUT2D eigenvalue weighted by molar-refractivity contribution is 9.11. The molecular formula is C15H15BrN2O3S. The maximum atomic E-state index is 12.0. The van der Waals surface area contributed by atoms with Gasteiger partial charge >= 0.3 is 0 Å². The second-order valence-corrected chi connectivity index (χ2v) is 6.79. The molecule has 22 heavy (non-hydrogen) atoms. The molecule has 0 fully saturated rings. The zero-order valence-electron chi connectivity index (χ0n) is 11.9. The summed E-state index contributed by atoms with van der Waals surface area (Å²) in [5.74, 6) is 0.248. The zero-order valence-corrected chi connectivity index (χ0v) is 14.3. The van der Waals surface area contributed by atoms with Gasteiger partial charge in [-0.1, -0.05) is 0 Å². The molecule has 0 spiro atoms. The van der Waals surface area contributed by atoms with E-state index in [0.29, 0.717) is 22.9 Å². The summed E-state index contributed by atoms with van der Waals surface area (Å²) in [6, 6.07) is 10.5. The maximum Gasteiger partial charge on any atom is 0.265 e. The molecule has 0 saturated heterocycles. The van der Waals surface area contributed by atoms with Crippen molar-refractivity contribution in [2.45, 2.75) is 6.92 Å². The zero-order chi connectivity index (χ0) is 15.9. The van der Waals surface area contributed by atoms with Crippen LogP contribution in [0.3, 0.4) is 0 Å². The first-order chi connectivity index (χ1) is 10.6. The Morgan fingerprint density at radius 2 is 1.91 bits per heavy atom. The van der Waals surface area contributed by atoms with E-state index in [9.17, 15) is 9.59 Å². The molecule has 0 atom stereocenters. The fourth-order valence-electron chi connectivity index (χ4n) is 1.66. The number of nitrogens with one attached hydrogen (secondary N) is 2. The molecular weight excluding hydrogens is 368 g/mol. The first kappa shape index (κ1) is 16.5. The standard InChI is InChI=1S/C15H15BrN2O3S/c1-2-17-14(19)9-21-11-5-3-10(4-6-11)18-15(20)12-7-8-13(16)22-12/h3-8H,2,9H2,1H3,(H,17,19)(H,18,20). The minimum atomic E-state index is -0.164. The number of amides is 2. The van der Waals surface area contributed by atoms with Crippen LogP contribution >= 0.6 is 27.3 Å². The van der Waals surface area contributed by atoms with Gasteiger partial charge in [0.1, 0.15) is 5.75 Å². The van der Waals surface area contributed by atoms with Gasteiger partial charge in [-0.15, -0.1) is 11.3 Å². The molecule has 1 aromatic heterocycles. The molecule has 2 aromatic rings. The van der Waals surface area contributed by atoms with Crippen molar-refractivity contribution in [1.82, 2.24) is 5.32 Å². The van der Waals surface area contributed by atoms with Gasteiger partial charge in [0.15, 0.2) is 6.61 Å². The summed E-state index contributed by atoms with van der Waals surface area (Å²) in [5.41, 5.74) is 0.667. The summed E-state index contributed by atoms with van der Waals surface area (Å²) in [7, 11) is 0. The molecule has 2 amide bonds. The molecule has 0 saturated carbocycles. The second kappa shape index (κ2) is 7.95. The predicted octanol–water partition coefficient (Wildman–Crippen LogP) is 3.28. The van der Waals surface area contributed by atoms with Crippen molar-refractivity contribution in [2.24, 2.45) is 0 Å². The topological polar surface area (TPSA) is 67.4 Å². The van der Waals surface area contributed by atoms with Crippen LogP contribution in [0.1, 0.15) is 16.6 Å². The van der Waals surface area contributed by atoms with E-state index < -0.39 is 0 Å². The minimum absolute atomic E-state index is 0.0250. The largest absolute Gasteiger partial charge is 0.484 e. The molecule has 0 radical (unpaired) electrons. The molecule has 0 aliphatic rings. The third-order valence-corrected chi connectivity index (χ3v) is 4.28. The summed E-state index contributed by atoms with van der Waals surface area (Å²) >= 11 is 4.69. The third kappa shape index (κ3) is 4.85. The van der Waals surface area contributed by atoms with Crippen LogP contribution in [0.15, 0.2) is 40.2 Å². The summed E-state index contributed by atoms with van der Waals surface area (Å²) < 4.78 is 6.25. The van der Waals surface area contributed by atoms with Crippen molar-refractivity contribution in [1.29, 1.82) is 0 Å². The number of likely N-dealkylation sites (N-methyl/N-ethyl adjacent to an activating group) is 1. The van der Waals surface area contributed by atoms with E-state index in [-0.39, 0.29) is 18.4 Å². The van der Waals surface area contributed by atoms with Crippen LogP contribution in [0.2, 0.25) is 0 Å². The monoisotopic (exact) mass is 382 g/mol. The first-order valence-electron chi connectivity index (χ1n) is 6.64. The summed E-state index contributed by atoms with van der Waals surface area (Å²) in [6.07, 6.45) is 0. The molecule has 1 aromatic carbocycles. The Bertz CT molecular complexity index is 655. The first-order valence-corrected chi connectivity index (χ1v) is 8.25. The number of hydrogen-bond acceptors (Lipinski definition) is 4. The quantitative estimate of drug-likeness (QED) is 0.805. The number of ether oxygens (including phenoxy) is 1. The summed E-state index contributed by atoms with van der Waals surface area (Å²) in [5, 5.41) is 5.45. The number of anilines is 1. The van der Waals surface area contributed by atoms with Gasteiger partial charge in [0.25, 0.3) is 11.8 Å². The Balaban J connectivity index is 1.89. The number of hydrogen-bond donors (Lipinski definition) is 2. The van der Waals surface area contributed by atoms with Gasteiger partial charge in [-0.05, 0) is 59.3 Å². The van der Waals surface area contributed by atoms with Gasteiger partial charge in [-0.3, -0.25) is 9.59 Å². The SMILES string of the molecule is CCNC(=O)COc1ccc(NC(=O)c2ccc(Br)s2)cc1. The van der Waals surface area contributed by atoms with E-state index in [4.69, 9.17) is 4.74 Å². The van der Waals surface area contributed by atoms with Crippen LogP contribution in [-0.2, 0) is 4.79 Å². The van der Waals surface area contributed by atoms with Crippen LogP contribution in [0.4, 0.5) is 5.69 Å². The van der Waals surface area contributed by atoms with E-state index in [1.54, 1.807) is 30.3 Å². The lowest BCUT2D eigenvalue weighted by atomic mass is 10.3. The molecule has 7 heteroatoms. The molecule has 2 N–H and O–H groups in total. The second-order valence-electron chi connectivity index (χ2n) is 4.32. The normalized spacial score (nSPS) is 10.1. The Kier molecular flexibility index (Phi) is 5.97. The van der Waals surface area contributed by atoms with Crippen LogP contribution in [-0.4, -0.2) is 25.0 Å². The molecule has 0 unspecified atom stereocenters. The third-order valence-electron chi connectivity index (χ3n) is 2.65. The Morgan fingerprint density at radius 3 is 2.50 bits per heavy atom. The van der Waals surface area contributed by atoms with Crippen molar-refractivity contribution >= 4 is 44.8 Å². The van der Waals surface area contributed by atoms with Gasteiger partial charge in [0.2, 0.25) is 0 Å². The number of benzene rings is 1. The molecule has 0 aliphatic carbocycles.